The molecule has 1 saturated heterocycles. The number of benzene rings is 1. The van der Waals surface area contributed by atoms with E-state index in [0.717, 1.165) is 30.9 Å². The van der Waals surface area contributed by atoms with Crippen molar-refractivity contribution in [2.24, 2.45) is 0 Å². The zero-order valence-corrected chi connectivity index (χ0v) is 14.6. The number of hydrogen-bond acceptors (Lipinski definition) is 4. The van der Waals surface area contributed by atoms with Gasteiger partial charge in [0.1, 0.15) is 5.82 Å². The summed E-state index contributed by atoms with van der Waals surface area (Å²) in [5.74, 6) is 0.962. The maximum Gasteiger partial charge on any atom is 0.251 e. The third-order valence-corrected chi connectivity index (χ3v) is 5.18. The Bertz CT molecular complexity index is 831. The number of hydrogen-bond donors (Lipinski definition) is 1. The van der Waals surface area contributed by atoms with Crippen LogP contribution in [0.15, 0.2) is 65.5 Å². The average molecular weight is 349 g/mol. The van der Waals surface area contributed by atoms with Crippen molar-refractivity contribution in [2.45, 2.75) is 12.5 Å². The van der Waals surface area contributed by atoms with Gasteiger partial charge in [-0.05, 0) is 58.6 Å². The van der Waals surface area contributed by atoms with Crippen molar-refractivity contribution in [1.82, 2.24) is 10.3 Å². The minimum Gasteiger partial charge on any atom is -0.354 e. The summed E-state index contributed by atoms with van der Waals surface area (Å²) in [5, 5.41) is 7.31. The summed E-state index contributed by atoms with van der Waals surface area (Å²) in [7, 11) is 0. The highest BCUT2D eigenvalue weighted by molar-refractivity contribution is 7.08. The van der Waals surface area contributed by atoms with Crippen molar-refractivity contribution >= 4 is 23.1 Å². The van der Waals surface area contributed by atoms with Gasteiger partial charge >= 0.3 is 0 Å². The highest BCUT2D eigenvalue weighted by Crippen LogP contribution is 2.22. The summed E-state index contributed by atoms with van der Waals surface area (Å²) in [6.07, 6.45) is 2.74. The van der Waals surface area contributed by atoms with Crippen LogP contribution in [0, 0.1) is 0 Å². The first-order chi connectivity index (χ1) is 12.3. The molecule has 25 heavy (non-hydrogen) atoms. The van der Waals surface area contributed by atoms with E-state index in [1.807, 2.05) is 42.5 Å². The zero-order valence-electron chi connectivity index (χ0n) is 13.8. The Morgan fingerprint density at radius 2 is 2.00 bits per heavy atom. The molecule has 0 bridgehead atoms. The Morgan fingerprint density at radius 1 is 1.12 bits per heavy atom. The molecule has 4 nitrogen and oxygen atoms in total. The molecule has 2 aromatic heterocycles. The van der Waals surface area contributed by atoms with Gasteiger partial charge in [0.15, 0.2) is 0 Å². The van der Waals surface area contributed by atoms with E-state index in [-0.39, 0.29) is 11.9 Å². The quantitative estimate of drug-likeness (QED) is 0.779. The van der Waals surface area contributed by atoms with Crippen molar-refractivity contribution in [3.63, 3.8) is 0 Å². The summed E-state index contributed by atoms with van der Waals surface area (Å²) in [6.45, 7) is 1.72. The van der Waals surface area contributed by atoms with Crippen molar-refractivity contribution in [3.05, 3.63) is 71.1 Å². The smallest absolute Gasteiger partial charge is 0.251 e. The standard InChI is InChI=1S/C20H19N3OS/c24-20(16-6-4-15(5-7-16)17-9-12-25-14-17)22-18-8-11-23(13-18)19-3-1-2-10-21-19/h1-7,9-10,12,14,18H,8,11,13H2,(H,22,24)/t18-/m0/s1. The molecule has 1 amide bonds. The summed E-state index contributed by atoms with van der Waals surface area (Å²) in [5.41, 5.74) is 3.04. The Balaban J connectivity index is 1.38. The molecular weight excluding hydrogens is 330 g/mol. The van der Waals surface area contributed by atoms with Crippen LogP contribution in [0.5, 0.6) is 0 Å². The Labute approximate surface area is 151 Å². The average Bonchev–Trinajstić information content (AvgIpc) is 3.35. The lowest BCUT2D eigenvalue weighted by atomic mass is 10.1. The number of nitrogens with zero attached hydrogens (tertiary/aromatic N) is 2. The Hall–Kier alpha value is -2.66. The minimum atomic E-state index is -0.00950. The molecule has 126 valence electrons. The van der Waals surface area contributed by atoms with Crippen LogP contribution in [0.1, 0.15) is 16.8 Å². The van der Waals surface area contributed by atoms with Crippen molar-refractivity contribution in [3.8, 4) is 11.1 Å². The lowest BCUT2D eigenvalue weighted by Crippen LogP contribution is -2.37. The van der Waals surface area contributed by atoms with Gasteiger partial charge < -0.3 is 10.2 Å². The van der Waals surface area contributed by atoms with Crippen LogP contribution in [0.4, 0.5) is 5.82 Å². The fourth-order valence-corrected chi connectivity index (χ4v) is 3.80. The van der Waals surface area contributed by atoms with Gasteiger partial charge in [-0.1, -0.05) is 18.2 Å². The van der Waals surface area contributed by atoms with E-state index in [1.54, 1.807) is 17.5 Å². The largest absolute Gasteiger partial charge is 0.354 e. The Morgan fingerprint density at radius 3 is 2.72 bits per heavy atom. The van der Waals surface area contributed by atoms with E-state index in [1.165, 1.54) is 5.56 Å². The number of carbonyl (C=O) groups excluding carboxylic acids is 1. The van der Waals surface area contributed by atoms with E-state index < -0.39 is 0 Å². The summed E-state index contributed by atoms with van der Waals surface area (Å²) in [6, 6.07) is 16.0. The van der Waals surface area contributed by atoms with Crippen LogP contribution < -0.4 is 10.2 Å². The molecule has 1 N–H and O–H groups in total. The fraction of sp³-hybridized carbons (Fsp3) is 0.200. The second kappa shape index (κ2) is 7.07. The SMILES string of the molecule is O=C(N[C@H]1CCN(c2ccccn2)C1)c1ccc(-c2ccsc2)cc1. The summed E-state index contributed by atoms with van der Waals surface area (Å²) < 4.78 is 0. The van der Waals surface area contributed by atoms with E-state index in [0.29, 0.717) is 5.56 Å². The molecule has 4 rings (SSSR count). The first-order valence-corrected chi connectivity index (χ1v) is 9.33. The number of aromatic nitrogens is 1. The van der Waals surface area contributed by atoms with Gasteiger partial charge in [0.2, 0.25) is 0 Å². The summed E-state index contributed by atoms with van der Waals surface area (Å²) in [4.78, 5) is 19.1. The molecule has 0 unspecified atom stereocenters. The van der Waals surface area contributed by atoms with Gasteiger partial charge in [-0.15, -0.1) is 0 Å². The fourth-order valence-electron chi connectivity index (χ4n) is 3.14. The molecule has 0 saturated carbocycles. The lowest BCUT2D eigenvalue weighted by molar-refractivity contribution is 0.0940. The number of amides is 1. The lowest BCUT2D eigenvalue weighted by Gasteiger charge is -2.17. The summed E-state index contributed by atoms with van der Waals surface area (Å²) >= 11 is 1.68. The predicted molar refractivity (Wildman–Crippen MR) is 102 cm³/mol. The first kappa shape index (κ1) is 15.8. The van der Waals surface area contributed by atoms with Crippen LogP contribution >= 0.6 is 11.3 Å². The maximum absolute atomic E-state index is 12.5. The third kappa shape index (κ3) is 3.56. The van der Waals surface area contributed by atoms with Crippen LogP contribution in [-0.4, -0.2) is 30.0 Å². The molecule has 0 spiro atoms. The van der Waals surface area contributed by atoms with Gasteiger partial charge in [0, 0.05) is 30.9 Å². The minimum absolute atomic E-state index is 0.00950. The highest BCUT2D eigenvalue weighted by atomic mass is 32.1. The van der Waals surface area contributed by atoms with E-state index in [2.05, 4.69) is 32.0 Å². The molecule has 0 aliphatic carbocycles. The van der Waals surface area contributed by atoms with E-state index >= 15 is 0 Å². The molecular formula is C20H19N3OS. The van der Waals surface area contributed by atoms with Gasteiger partial charge in [-0.25, -0.2) is 4.98 Å². The molecule has 3 heterocycles. The zero-order chi connectivity index (χ0) is 17.1. The van der Waals surface area contributed by atoms with Crippen molar-refractivity contribution in [1.29, 1.82) is 0 Å². The van der Waals surface area contributed by atoms with Gasteiger partial charge in [0.05, 0.1) is 0 Å². The predicted octanol–water partition coefficient (Wildman–Crippen LogP) is 3.82. The third-order valence-electron chi connectivity index (χ3n) is 4.50. The second-order valence-electron chi connectivity index (χ2n) is 6.18. The maximum atomic E-state index is 12.5. The highest BCUT2D eigenvalue weighted by Gasteiger charge is 2.24. The number of anilines is 1. The molecule has 1 atom stereocenters. The number of pyridine rings is 1. The van der Waals surface area contributed by atoms with Crippen molar-refractivity contribution < 1.29 is 4.79 Å². The number of nitrogens with one attached hydrogen (secondary N) is 1. The molecule has 0 radical (unpaired) electrons. The second-order valence-corrected chi connectivity index (χ2v) is 6.96. The monoisotopic (exact) mass is 349 g/mol. The van der Waals surface area contributed by atoms with Crippen molar-refractivity contribution in [2.75, 3.05) is 18.0 Å². The van der Waals surface area contributed by atoms with Crippen LogP contribution in [0.3, 0.4) is 0 Å². The molecule has 1 aromatic carbocycles. The molecule has 5 heteroatoms. The van der Waals surface area contributed by atoms with Crippen LogP contribution in [-0.2, 0) is 0 Å². The molecule has 1 fully saturated rings. The van der Waals surface area contributed by atoms with Crippen LogP contribution in [0.25, 0.3) is 11.1 Å². The molecule has 1 aliphatic rings. The number of rotatable bonds is 4. The topological polar surface area (TPSA) is 45.2 Å². The van der Waals surface area contributed by atoms with Gasteiger partial charge in [-0.2, -0.15) is 11.3 Å². The van der Waals surface area contributed by atoms with Gasteiger partial charge in [0.25, 0.3) is 5.91 Å². The molecule has 1 aliphatic heterocycles. The number of carbonyl (C=O) groups is 1. The normalized spacial score (nSPS) is 16.8. The van der Waals surface area contributed by atoms with Crippen LogP contribution in [0.2, 0.25) is 0 Å². The first-order valence-electron chi connectivity index (χ1n) is 8.39. The van der Waals surface area contributed by atoms with E-state index in [4.69, 9.17) is 0 Å². The van der Waals surface area contributed by atoms with E-state index in [9.17, 15) is 4.79 Å². The molecule has 3 aromatic rings. The Kier molecular flexibility index (Phi) is 4.48. The van der Waals surface area contributed by atoms with Gasteiger partial charge in [-0.3, -0.25) is 4.79 Å². The number of thiophene rings is 1.